The van der Waals surface area contributed by atoms with Gasteiger partial charge in [-0.2, -0.15) is 13.2 Å². The predicted octanol–water partition coefficient (Wildman–Crippen LogP) is -0.444. The molecule has 56 valence electrons. The van der Waals surface area contributed by atoms with Crippen LogP contribution in [0.4, 0.5) is 13.2 Å². The third kappa shape index (κ3) is 7.66. The molecule has 0 unspecified atom stereocenters. The second-order valence-corrected chi connectivity index (χ2v) is 2.17. The van der Waals surface area contributed by atoms with Crippen molar-refractivity contribution in [3.05, 3.63) is 0 Å². The van der Waals surface area contributed by atoms with E-state index in [1.165, 1.54) is 0 Å². The molecule has 0 saturated heterocycles. The van der Waals surface area contributed by atoms with Gasteiger partial charge in [0.2, 0.25) is 0 Å². The maximum absolute atomic E-state index is 10.9. The summed E-state index contributed by atoms with van der Waals surface area (Å²) in [5.74, 6) is 0. The maximum Gasteiger partial charge on any atom is 0.469 e. The van der Waals surface area contributed by atoms with Crippen molar-refractivity contribution < 1.29 is 26.1 Å². The Balaban J connectivity index is 4.07. The Morgan fingerprint density at radius 1 is 1.33 bits per heavy atom. The van der Waals surface area contributed by atoms with Gasteiger partial charge in [-0.3, -0.25) is 0 Å². The zero-order chi connectivity index (χ0) is 7.71. The van der Waals surface area contributed by atoms with Crippen molar-refractivity contribution in [1.29, 1.82) is 0 Å². The molecule has 0 aromatic rings. The van der Waals surface area contributed by atoms with Crippen molar-refractivity contribution >= 4 is 10.3 Å². The van der Waals surface area contributed by atoms with Gasteiger partial charge in [0.15, 0.2) is 10.3 Å². The summed E-state index contributed by atoms with van der Waals surface area (Å²) in [5.41, 5.74) is 0. The van der Waals surface area contributed by atoms with Crippen molar-refractivity contribution in [3.63, 3.8) is 0 Å². The van der Waals surface area contributed by atoms with Crippen molar-refractivity contribution in [1.82, 2.24) is 4.72 Å². The number of alkyl halides is 3. The Hall–Kier alpha value is -0.340. The van der Waals surface area contributed by atoms with Gasteiger partial charge in [0.1, 0.15) is 0 Å². The third-order valence-electron chi connectivity index (χ3n) is 0.241. The molecule has 0 aliphatic rings. The van der Waals surface area contributed by atoms with E-state index < -0.39 is 16.6 Å². The highest BCUT2D eigenvalue weighted by Crippen LogP contribution is 2.09. The summed E-state index contributed by atoms with van der Waals surface area (Å²) in [6.45, 7) is 0. The van der Waals surface area contributed by atoms with E-state index in [-0.39, 0.29) is 4.72 Å². The van der Waals surface area contributed by atoms with Gasteiger partial charge in [0.05, 0.1) is 0 Å². The standard InChI is InChI=1S/CH2F3NO3S/c2-1(3,4)5-9(6,7)8/h5H,(H,6,7,8)/p-1. The van der Waals surface area contributed by atoms with Crippen LogP contribution >= 0.6 is 0 Å². The molecular weight excluding hydrogens is 163 g/mol. The van der Waals surface area contributed by atoms with Crippen LogP contribution in [0.3, 0.4) is 0 Å². The van der Waals surface area contributed by atoms with E-state index in [9.17, 15) is 26.1 Å². The van der Waals surface area contributed by atoms with Gasteiger partial charge in [0.25, 0.3) is 0 Å². The maximum atomic E-state index is 10.9. The largest absolute Gasteiger partial charge is 0.735 e. The quantitative estimate of drug-likeness (QED) is 0.421. The minimum Gasteiger partial charge on any atom is -0.735 e. The third-order valence-corrected chi connectivity index (χ3v) is 0.722. The van der Waals surface area contributed by atoms with Crippen molar-refractivity contribution in [2.75, 3.05) is 0 Å². The summed E-state index contributed by atoms with van der Waals surface area (Å²) in [5, 5.41) is 0. The summed E-state index contributed by atoms with van der Waals surface area (Å²) >= 11 is 0. The van der Waals surface area contributed by atoms with Gasteiger partial charge in [0, 0.05) is 0 Å². The van der Waals surface area contributed by atoms with Gasteiger partial charge in [-0.15, -0.1) is 4.72 Å². The molecule has 0 aromatic heterocycles. The summed E-state index contributed by atoms with van der Waals surface area (Å²) in [6, 6.07) is 0. The molecule has 0 radical (unpaired) electrons. The lowest BCUT2D eigenvalue weighted by Gasteiger charge is -2.10. The van der Waals surface area contributed by atoms with Crippen LogP contribution in [-0.4, -0.2) is 19.3 Å². The second-order valence-electron chi connectivity index (χ2n) is 1.05. The number of hydrogen-bond donors (Lipinski definition) is 1. The van der Waals surface area contributed by atoms with E-state index >= 15 is 0 Å². The Morgan fingerprint density at radius 2 is 1.67 bits per heavy atom. The van der Waals surface area contributed by atoms with Crippen LogP contribution in [0.5, 0.6) is 0 Å². The van der Waals surface area contributed by atoms with Crippen LogP contribution in [0.15, 0.2) is 0 Å². The lowest BCUT2D eigenvalue weighted by Crippen LogP contribution is -2.36. The zero-order valence-corrected chi connectivity index (χ0v) is 4.58. The molecule has 0 aliphatic heterocycles. The molecule has 0 fully saturated rings. The number of hydrogen-bond acceptors (Lipinski definition) is 3. The molecular formula is CHF3NO3S-. The minimum absolute atomic E-state index is 0.125. The summed E-state index contributed by atoms with van der Waals surface area (Å²) in [7, 11) is -5.41. The Kier molecular flexibility index (Phi) is 2.04. The first-order chi connectivity index (χ1) is 3.71. The lowest BCUT2D eigenvalue weighted by molar-refractivity contribution is -0.139. The van der Waals surface area contributed by atoms with Crippen LogP contribution in [0.2, 0.25) is 0 Å². The van der Waals surface area contributed by atoms with E-state index in [2.05, 4.69) is 0 Å². The van der Waals surface area contributed by atoms with Crippen LogP contribution in [-0.2, 0) is 10.3 Å². The van der Waals surface area contributed by atoms with E-state index in [0.717, 1.165) is 0 Å². The molecule has 0 heterocycles. The fourth-order valence-electron chi connectivity index (χ4n) is 0.142. The van der Waals surface area contributed by atoms with E-state index in [0.29, 0.717) is 0 Å². The van der Waals surface area contributed by atoms with Gasteiger partial charge in [-0.05, 0) is 0 Å². The molecule has 0 rings (SSSR count). The smallest absolute Gasteiger partial charge is 0.469 e. The molecule has 0 aromatic carbocycles. The van der Waals surface area contributed by atoms with E-state index in [4.69, 9.17) is 0 Å². The number of nitrogens with one attached hydrogen (secondary N) is 1. The molecule has 0 aliphatic carbocycles. The highest BCUT2D eigenvalue weighted by molar-refractivity contribution is 7.83. The molecule has 8 heteroatoms. The normalized spacial score (nSPS) is 13.8. The molecule has 0 saturated carbocycles. The van der Waals surface area contributed by atoms with Crippen LogP contribution in [0, 0.1) is 0 Å². The van der Waals surface area contributed by atoms with E-state index in [1.54, 1.807) is 0 Å². The van der Waals surface area contributed by atoms with Gasteiger partial charge >= 0.3 is 6.30 Å². The van der Waals surface area contributed by atoms with Crippen LogP contribution in [0.1, 0.15) is 0 Å². The molecule has 0 amide bonds. The fraction of sp³-hybridized carbons (Fsp3) is 1.00. The zero-order valence-electron chi connectivity index (χ0n) is 3.77. The van der Waals surface area contributed by atoms with Crippen molar-refractivity contribution in [2.24, 2.45) is 0 Å². The van der Waals surface area contributed by atoms with Crippen LogP contribution in [0.25, 0.3) is 0 Å². The molecule has 0 spiro atoms. The number of rotatable bonds is 1. The first-order valence-electron chi connectivity index (χ1n) is 1.52. The highest BCUT2D eigenvalue weighted by Gasteiger charge is 2.29. The number of halogens is 3. The topological polar surface area (TPSA) is 69.2 Å². The van der Waals surface area contributed by atoms with Crippen molar-refractivity contribution in [3.8, 4) is 0 Å². The molecule has 9 heavy (non-hydrogen) atoms. The van der Waals surface area contributed by atoms with Gasteiger partial charge < -0.3 is 4.55 Å². The second kappa shape index (κ2) is 2.12. The summed E-state index contributed by atoms with van der Waals surface area (Å²) in [6.07, 6.45) is -5.17. The van der Waals surface area contributed by atoms with Crippen LogP contribution < -0.4 is 4.72 Å². The first kappa shape index (κ1) is 8.66. The Bertz CT molecular complexity index is 180. The molecule has 4 nitrogen and oxygen atoms in total. The monoisotopic (exact) mass is 164 g/mol. The minimum atomic E-state index is -5.41. The van der Waals surface area contributed by atoms with Gasteiger partial charge in [-0.25, -0.2) is 8.42 Å². The lowest BCUT2D eigenvalue weighted by atomic mass is 11.3. The molecule has 0 atom stereocenters. The fourth-order valence-corrected chi connectivity index (χ4v) is 0.425. The first-order valence-corrected chi connectivity index (χ1v) is 2.93. The van der Waals surface area contributed by atoms with E-state index in [1.807, 2.05) is 0 Å². The average Bonchev–Trinajstić information content (AvgIpc) is 1.14. The Labute approximate surface area is 48.5 Å². The molecule has 0 bridgehead atoms. The highest BCUT2D eigenvalue weighted by atomic mass is 32.2. The van der Waals surface area contributed by atoms with Gasteiger partial charge in [-0.1, -0.05) is 0 Å². The molecule has 1 N–H and O–H groups in total. The SMILES string of the molecule is O=S(=O)([O-])NC(F)(F)F. The average molecular weight is 164 g/mol. The Morgan fingerprint density at radius 3 is 1.67 bits per heavy atom. The predicted molar refractivity (Wildman–Crippen MR) is 18.9 cm³/mol. The summed E-state index contributed by atoms with van der Waals surface area (Å²) in [4.78, 5) is 0. The van der Waals surface area contributed by atoms with Crippen molar-refractivity contribution in [2.45, 2.75) is 6.30 Å². The summed E-state index contributed by atoms with van der Waals surface area (Å²) < 4.78 is 60.2.